The van der Waals surface area contributed by atoms with E-state index in [1.807, 2.05) is 12.1 Å². The highest BCUT2D eigenvalue weighted by Crippen LogP contribution is 2.13. The lowest BCUT2D eigenvalue weighted by molar-refractivity contribution is 0.0144. The third-order valence-electron chi connectivity index (χ3n) is 2.93. The van der Waals surface area contributed by atoms with Gasteiger partial charge in [-0.3, -0.25) is 0 Å². The van der Waals surface area contributed by atoms with E-state index in [4.69, 9.17) is 4.74 Å². The Morgan fingerprint density at radius 1 is 1.25 bits per heavy atom. The predicted molar refractivity (Wildman–Crippen MR) is 81.4 cm³/mol. The fourth-order valence-electron chi connectivity index (χ4n) is 1.93. The molecule has 2 nitrogen and oxygen atoms in total. The normalized spacial score (nSPS) is 12.8. The van der Waals surface area contributed by atoms with Crippen molar-refractivity contribution < 1.29 is 13.5 Å². The van der Waals surface area contributed by atoms with Crippen molar-refractivity contribution in [1.29, 1.82) is 0 Å². The Hall–Kier alpha value is -0.520. The second-order valence-electron chi connectivity index (χ2n) is 4.74. The first-order valence-electron chi connectivity index (χ1n) is 6.95. The highest BCUT2D eigenvalue weighted by molar-refractivity contribution is 9.10. The number of nitrogens with one attached hydrogen (secondary N) is 1. The second-order valence-corrected chi connectivity index (χ2v) is 5.65. The van der Waals surface area contributed by atoms with Gasteiger partial charge in [0, 0.05) is 17.1 Å². The van der Waals surface area contributed by atoms with Gasteiger partial charge in [-0.2, -0.15) is 0 Å². The number of benzene rings is 1. The molecular formula is C15H22BrF2NO. The highest BCUT2D eigenvalue weighted by Gasteiger charge is 2.10. The Kier molecular flexibility index (Phi) is 8.98. The summed E-state index contributed by atoms with van der Waals surface area (Å²) < 4.78 is 30.0. The Balaban J connectivity index is 2.40. The van der Waals surface area contributed by atoms with Crippen molar-refractivity contribution in [2.24, 2.45) is 0 Å². The van der Waals surface area contributed by atoms with Gasteiger partial charge in [0.25, 0.3) is 6.43 Å². The molecule has 1 aromatic carbocycles. The van der Waals surface area contributed by atoms with E-state index in [0.29, 0.717) is 6.61 Å². The van der Waals surface area contributed by atoms with Crippen molar-refractivity contribution in [2.75, 3.05) is 19.8 Å². The molecule has 1 rings (SSSR count). The Bertz CT molecular complexity index is 359. The van der Waals surface area contributed by atoms with Crippen molar-refractivity contribution in [3.8, 4) is 0 Å². The number of hydrogen-bond acceptors (Lipinski definition) is 2. The molecule has 0 aromatic heterocycles. The second kappa shape index (κ2) is 10.2. The lowest BCUT2D eigenvalue weighted by Crippen LogP contribution is -2.33. The summed E-state index contributed by atoms with van der Waals surface area (Å²) in [6.45, 7) is 2.92. The molecule has 1 N–H and O–H groups in total. The monoisotopic (exact) mass is 349 g/mol. The standard InChI is InChI=1S/C15H22BrF2NO/c1-2-8-19-14(7-9-20-11-15(17)18)10-12-3-5-13(16)6-4-12/h3-6,14-15,19H,2,7-11H2,1H3. The van der Waals surface area contributed by atoms with Gasteiger partial charge in [-0.15, -0.1) is 0 Å². The average Bonchev–Trinajstić information content (AvgIpc) is 2.42. The molecule has 0 aliphatic heterocycles. The molecule has 0 amide bonds. The molecule has 0 heterocycles. The molecule has 1 unspecified atom stereocenters. The van der Waals surface area contributed by atoms with Crippen LogP contribution in [0, 0.1) is 0 Å². The predicted octanol–water partition coefficient (Wildman–Crippen LogP) is 4.03. The van der Waals surface area contributed by atoms with Gasteiger partial charge in [-0.05, 0) is 43.5 Å². The molecule has 0 spiro atoms. The number of hydrogen-bond donors (Lipinski definition) is 1. The third kappa shape index (κ3) is 7.92. The van der Waals surface area contributed by atoms with Gasteiger partial charge >= 0.3 is 0 Å². The van der Waals surface area contributed by atoms with Crippen molar-refractivity contribution in [2.45, 2.75) is 38.7 Å². The van der Waals surface area contributed by atoms with Gasteiger partial charge < -0.3 is 10.1 Å². The summed E-state index contributed by atoms with van der Waals surface area (Å²) in [5.41, 5.74) is 1.23. The molecular weight excluding hydrogens is 328 g/mol. The minimum absolute atomic E-state index is 0.258. The minimum atomic E-state index is -2.39. The van der Waals surface area contributed by atoms with Crippen molar-refractivity contribution in [1.82, 2.24) is 5.32 Å². The topological polar surface area (TPSA) is 21.3 Å². The molecule has 0 radical (unpaired) electrons. The van der Waals surface area contributed by atoms with E-state index in [1.54, 1.807) is 0 Å². The Morgan fingerprint density at radius 2 is 1.95 bits per heavy atom. The van der Waals surface area contributed by atoms with E-state index in [2.05, 4.69) is 40.3 Å². The molecule has 0 bridgehead atoms. The lowest BCUT2D eigenvalue weighted by Gasteiger charge is -2.18. The smallest absolute Gasteiger partial charge is 0.261 e. The SMILES string of the molecule is CCCNC(CCOCC(F)F)Cc1ccc(Br)cc1. The lowest BCUT2D eigenvalue weighted by atomic mass is 10.0. The first-order chi connectivity index (χ1) is 9.61. The first kappa shape index (κ1) is 17.5. The van der Waals surface area contributed by atoms with Crippen LogP contribution in [0.3, 0.4) is 0 Å². The van der Waals surface area contributed by atoms with Crippen LogP contribution in [-0.4, -0.2) is 32.2 Å². The summed E-state index contributed by atoms with van der Waals surface area (Å²) >= 11 is 3.41. The van der Waals surface area contributed by atoms with E-state index in [-0.39, 0.29) is 6.04 Å². The molecule has 1 aromatic rings. The van der Waals surface area contributed by atoms with Crippen LogP contribution >= 0.6 is 15.9 Å². The van der Waals surface area contributed by atoms with Crippen LogP contribution < -0.4 is 5.32 Å². The van der Waals surface area contributed by atoms with E-state index in [9.17, 15) is 8.78 Å². The fourth-order valence-corrected chi connectivity index (χ4v) is 2.19. The molecule has 0 saturated carbocycles. The van der Waals surface area contributed by atoms with Crippen molar-refractivity contribution in [3.05, 3.63) is 34.3 Å². The third-order valence-corrected chi connectivity index (χ3v) is 3.46. The number of alkyl halides is 2. The Morgan fingerprint density at radius 3 is 2.55 bits per heavy atom. The van der Waals surface area contributed by atoms with Crippen LogP contribution in [0.15, 0.2) is 28.7 Å². The maximum absolute atomic E-state index is 12.0. The van der Waals surface area contributed by atoms with Gasteiger partial charge in [0.2, 0.25) is 0 Å². The molecule has 0 aliphatic rings. The van der Waals surface area contributed by atoms with Crippen LogP contribution in [0.25, 0.3) is 0 Å². The highest BCUT2D eigenvalue weighted by atomic mass is 79.9. The largest absolute Gasteiger partial charge is 0.375 e. The molecule has 20 heavy (non-hydrogen) atoms. The first-order valence-corrected chi connectivity index (χ1v) is 7.74. The van der Waals surface area contributed by atoms with Crippen LogP contribution in [0.5, 0.6) is 0 Å². The zero-order valence-corrected chi connectivity index (χ0v) is 13.3. The van der Waals surface area contributed by atoms with Gasteiger partial charge in [0.15, 0.2) is 0 Å². The zero-order valence-electron chi connectivity index (χ0n) is 11.7. The molecule has 0 aliphatic carbocycles. The van der Waals surface area contributed by atoms with Crippen molar-refractivity contribution >= 4 is 15.9 Å². The van der Waals surface area contributed by atoms with E-state index >= 15 is 0 Å². The molecule has 0 fully saturated rings. The quantitative estimate of drug-likeness (QED) is 0.644. The maximum Gasteiger partial charge on any atom is 0.261 e. The van der Waals surface area contributed by atoms with Gasteiger partial charge in [0.1, 0.15) is 6.61 Å². The van der Waals surface area contributed by atoms with Crippen LogP contribution in [-0.2, 0) is 11.2 Å². The molecule has 1 atom stereocenters. The zero-order chi connectivity index (χ0) is 14.8. The number of halogens is 3. The summed E-state index contributed by atoms with van der Waals surface area (Å²) in [7, 11) is 0. The molecule has 5 heteroatoms. The number of ether oxygens (including phenoxy) is 1. The minimum Gasteiger partial charge on any atom is -0.375 e. The van der Waals surface area contributed by atoms with Gasteiger partial charge in [-0.25, -0.2) is 8.78 Å². The summed E-state index contributed by atoms with van der Waals surface area (Å²) in [5.74, 6) is 0. The summed E-state index contributed by atoms with van der Waals surface area (Å²) in [5, 5.41) is 3.44. The number of rotatable bonds is 10. The summed E-state index contributed by atoms with van der Waals surface area (Å²) in [6.07, 6.45) is 0.284. The van der Waals surface area contributed by atoms with Crippen molar-refractivity contribution in [3.63, 3.8) is 0 Å². The van der Waals surface area contributed by atoms with Gasteiger partial charge in [-0.1, -0.05) is 35.0 Å². The maximum atomic E-state index is 12.0. The van der Waals surface area contributed by atoms with E-state index < -0.39 is 13.0 Å². The van der Waals surface area contributed by atoms with Gasteiger partial charge in [0.05, 0.1) is 0 Å². The Labute approximate surface area is 128 Å². The fraction of sp³-hybridized carbons (Fsp3) is 0.600. The van der Waals surface area contributed by atoms with Crippen LogP contribution in [0.1, 0.15) is 25.3 Å². The molecule has 114 valence electrons. The van der Waals surface area contributed by atoms with Crippen LogP contribution in [0.2, 0.25) is 0 Å². The van der Waals surface area contributed by atoms with E-state index in [1.165, 1.54) is 5.56 Å². The van der Waals surface area contributed by atoms with Crippen LogP contribution in [0.4, 0.5) is 8.78 Å². The average molecular weight is 350 g/mol. The summed E-state index contributed by atoms with van der Waals surface area (Å²) in [6, 6.07) is 8.43. The van der Waals surface area contributed by atoms with E-state index in [0.717, 1.165) is 30.3 Å². The molecule has 0 saturated heterocycles. The summed E-state index contributed by atoms with van der Waals surface area (Å²) in [4.78, 5) is 0.